The van der Waals surface area contributed by atoms with E-state index in [9.17, 15) is 4.79 Å². The molecule has 0 saturated heterocycles. The van der Waals surface area contributed by atoms with Crippen LogP contribution in [0.2, 0.25) is 0 Å². The van der Waals surface area contributed by atoms with Gasteiger partial charge >= 0.3 is 5.97 Å². The van der Waals surface area contributed by atoms with Gasteiger partial charge in [-0.05, 0) is 31.5 Å². The summed E-state index contributed by atoms with van der Waals surface area (Å²) >= 11 is 1.31. The van der Waals surface area contributed by atoms with Gasteiger partial charge in [-0.15, -0.1) is 11.3 Å². The molecule has 0 atom stereocenters. The molecule has 26 heavy (non-hydrogen) atoms. The molecule has 0 aliphatic heterocycles. The normalized spacial score (nSPS) is 11.0. The van der Waals surface area contributed by atoms with Crippen molar-refractivity contribution in [1.29, 1.82) is 0 Å². The number of nitrogens with one attached hydrogen (secondary N) is 1. The fraction of sp³-hybridized carbons (Fsp3) is 0.438. The van der Waals surface area contributed by atoms with Crippen LogP contribution in [0, 0.1) is 13.8 Å². The van der Waals surface area contributed by atoms with Crippen molar-refractivity contribution in [2.24, 2.45) is 0 Å². The molecule has 0 bridgehead atoms. The number of esters is 1. The van der Waals surface area contributed by atoms with Crippen LogP contribution in [0.4, 0.5) is 11.8 Å². The van der Waals surface area contributed by atoms with Crippen LogP contribution in [0.15, 0.2) is 4.52 Å². The third kappa shape index (κ3) is 3.45. The molecular formula is C16H20N6O3S. The quantitative estimate of drug-likeness (QED) is 0.649. The molecular weight excluding hydrogens is 356 g/mol. The first-order chi connectivity index (χ1) is 12.4. The molecule has 0 unspecified atom stereocenters. The highest BCUT2D eigenvalue weighted by atomic mass is 32.1. The number of aromatic nitrogens is 4. The van der Waals surface area contributed by atoms with E-state index in [1.165, 1.54) is 11.3 Å². The van der Waals surface area contributed by atoms with Gasteiger partial charge in [-0.2, -0.15) is 4.98 Å². The lowest BCUT2D eigenvalue weighted by Crippen LogP contribution is -2.10. The number of carbonyl (C=O) groups excluding carboxylic acids is 1. The molecule has 0 aliphatic carbocycles. The largest absolute Gasteiger partial charge is 0.462 e. The highest BCUT2D eigenvalue weighted by Crippen LogP contribution is 2.34. The predicted octanol–water partition coefficient (Wildman–Crippen LogP) is 2.55. The van der Waals surface area contributed by atoms with Gasteiger partial charge in [0.05, 0.1) is 18.5 Å². The van der Waals surface area contributed by atoms with Crippen LogP contribution in [0.3, 0.4) is 0 Å². The minimum atomic E-state index is -0.343. The molecule has 0 amide bonds. The molecule has 3 aromatic heterocycles. The number of nitrogens with zero attached hydrogens (tertiary/aromatic N) is 5. The average molecular weight is 376 g/mol. The zero-order valence-electron chi connectivity index (χ0n) is 15.3. The molecule has 9 nitrogen and oxygen atoms in total. The van der Waals surface area contributed by atoms with Crippen molar-refractivity contribution in [3.63, 3.8) is 0 Å². The smallest absolute Gasteiger partial charge is 0.348 e. The van der Waals surface area contributed by atoms with Crippen LogP contribution in [0.1, 0.15) is 33.9 Å². The molecule has 0 spiro atoms. The first-order valence-electron chi connectivity index (χ1n) is 8.09. The maximum absolute atomic E-state index is 12.2. The summed E-state index contributed by atoms with van der Waals surface area (Å²) in [5.74, 6) is 1.83. The molecule has 0 saturated carbocycles. The van der Waals surface area contributed by atoms with Crippen LogP contribution in [0.25, 0.3) is 10.2 Å². The highest BCUT2D eigenvalue weighted by Gasteiger charge is 2.21. The SMILES string of the molecule is CCOC(=O)c1sc2nc(C)nc(NCc3nc(N(C)C)no3)c2c1C. The molecule has 10 heteroatoms. The van der Waals surface area contributed by atoms with E-state index >= 15 is 0 Å². The Hall–Kier alpha value is -2.75. The Morgan fingerprint density at radius 2 is 2.04 bits per heavy atom. The van der Waals surface area contributed by atoms with Crippen LogP contribution in [0.5, 0.6) is 0 Å². The molecule has 3 heterocycles. The van der Waals surface area contributed by atoms with Crippen LogP contribution in [-0.2, 0) is 11.3 Å². The summed E-state index contributed by atoms with van der Waals surface area (Å²) in [6.07, 6.45) is 0. The molecule has 138 valence electrons. The van der Waals surface area contributed by atoms with Gasteiger partial charge in [0.25, 0.3) is 5.95 Å². The van der Waals surface area contributed by atoms with Gasteiger partial charge in [0.1, 0.15) is 21.3 Å². The molecule has 3 rings (SSSR count). The van der Waals surface area contributed by atoms with E-state index in [2.05, 4.69) is 25.4 Å². The topological polar surface area (TPSA) is 106 Å². The Morgan fingerprint density at radius 3 is 2.69 bits per heavy atom. The first-order valence-corrected chi connectivity index (χ1v) is 8.91. The summed E-state index contributed by atoms with van der Waals surface area (Å²) in [5, 5.41) is 7.89. The lowest BCUT2D eigenvalue weighted by atomic mass is 10.2. The second kappa shape index (κ2) is 7.24. The maximum Gasteiger partial charge on any atom is 0.348 e. The van der Waals surface area contributed by atoms with Crippen LogP contribution < -0.4 is 10.2 Å². The van der Waals surface area contributed by atoms with E-state index in [1.54, 1.807) is 18.7 Å². The summed E-state index contributed by atoms with van der Waals surface area (Å²) in [6, 6.07) is 0. The van der Waals surface area contributed by atoms with Crippen LogP contribution >= 0.6 is 11.3 Å². The van der Waals surface area contributed by atoms with E-state index in [0.717, 1.165) is 15.8 Å². The predicted molar refractivity (Wildman–Crippen MR) is 98.8 cm³/mol. The van der Waals surface area contributed by atoms with Gasteiger partial charge in [-0.1, -0.05) is 0 Å². The van der Waals surface area contributed by atoms with Crippen molar-refractivity contribution in [2.45, 2.75) is 27.3 Å². The highest BCUT2D eigenvalue weighted by molar-refractivity contribution is 7.20. The number of hydrogen-bond acceptors (Lipinski definition) is 10. The van der Waals surface area contributed by atoms with Gasteiger partial charge in [-0.25, -0.2) is 14.8 Å². The Morgan fingerprint density at radius 1 is 1.27 bits per heavy atom. The number of ether oxygens (including phenoxy) is 1. The zero-order valence-corrected chi connectivity index (χ0v) is 16.1. The first kappa shape index (κ1) is 18.1. The Kier molecular flexibility index (Phi) is 5.03. The number of aryl methyl sites for hydroxylation is 2. The van der Waals surface area contributed by atoms with Crippen molar-refractivity contribution in [1.82, 2.24) is 20.1 Å². The minimum absolute atomic E-state index is 0.316. The Labute approximate surface area is 154 Å². The van der Waals surface area contributed by atoms with Gasteiger partial charge in [0.15, 0.2) is 0 Å². The Balaban J connectivity index is 1.92. The van der Waals surface area contributed by atoms with Gasteiger partial charge in [-0.3, -0.25) is 0 Å². The van der Waals surface area contributed by atoms with E-state index in [4.69, 9.17) is 9.26 Å². The molecule has 0 aliphatic rings. The number of thiophene rings is 1. The van der Waals surface area contributed by atoms with Crippen molar-refractivity contribution < 1.29 is 14.1 Å². The third-order valence-corrected chi connectivity index (χ3v) is 4.79. The number of carbonyl (C=O) groups is 1. The second-order valence-corrected chi connectivity index (χ2v) is 6.81. The zero-order chi connectivity index (χ0) is 18.8. The molecule has 0 fully saturated rings. The lowest BCUT2D eigenvalue weighted by Gasteiger charge is -2.06. The third-order valence-electron chi connectivity index (χ3n) is 3.63. The van der Waals surface area contributed by atoms with E-state index in [1.807, 2.05) is 21.0 Å². The van der Waals surface area contributed by atoms with E-state index in [-0.39, 0.29) is 5.97 Å². The number of fused-ring (bicyclic) bond motifs is 1. The minimum Gasteiger partial charge on any atom is -0.462 e. The van der Waals surface area contributed by atoms with Crippen molar-refractivity contribution in [2.75, 3.05) is 30.9 Å². The molecule has 0 radical (unpaired) electrons. The average Bonchev–Trinajstić information content (AvgIpc) is 3.18. The van der Waals surface area contributed by atoms with Gasteiger partial charge in [0, 0.05) is 14.1 Å². The van der Waals surface area contributed by atoms with E-state index in [0.29, 0.717) is 41.5 Å². The van der Waals surface area contributed by atoms with Crippen LogP contribution in [-0.4, -0.2) is 46.8 Å². The van der Waals surface area contributed by atoms with Crippen molar-refractivity contribution in [3.8, 4) is 0 Å². The Bertz CT molecular complexity index is 949. The summed E-state index contributed by atoms with van der Waals surface area (Å²) in [6.45, 7) is 6.10. The van der Waals surface area contributed by atoms with E-state index < -0.39 is 0 Å². The number of hydrogen-bond donors (Lipinski definition) is 1. The molecule has 3 aromatic rings. The summed E-state index contributed by atoms with van der Waals surface area (Å²) in [5.41, 5.74) is 0.797. The van der Waals surface area contributed by atoms with Gasteiger partial charge < -0.3 is 19.5 Å². The summed E-state index contributed by atoms with van der Waals surface area (Å²) in [4.78, 5) is 28.4. The number of anilines is 2. The van der Waals surface area contributed by atoms with Crippen molar-refractivity contribution in [3.05, 3.63) is 22.2 Å². The standard InChI is InChI=1S/C16H20N6O3S/c1-6-24-15(23)12-8(2)11-13(18-9(3)19-14(11)26-12)17-7-10-20-16(21-25-10)22(4)5/h6-7H2,1-5H3,(H,17,18,19). The molecule has 1 N–H and O–H groups in total. The second-order valence-electron chi connectivity index (χ2n) is 5.81. The monoisotopic (exact) mass is 376 g/mol. The summed E-state index contributed by atoms with van der Waals surface area (Å²) < 4.78 is 10.3. The molecule has 0 aromatic carbocycles. The lowest BCUT2D eigenvalue weighted by molar-refractivity contribution is 0.0531. The maximum atomic E-state index is 12.2. The van der Waals surface area contributed by atoms with Gasteiger partial charge in [0.2, 0.25) is 5.89 Å². The summed E-state index contributed by atoms with van der Waals surface area (Å²) in [7, 11) is 3.68. The fourth-order valence-electron chi connectivity index (χ4n) is 2.42. The number of rotatable bonds is 6. The fourth-order valence-corrected chi connectivity index (χ4v) is 3.54. The van der Waals surface area contributed by atoms with Crippen molar-refractivity contribution >= 4 is 39.3 Å².